The predicted molar refractivity (Wildman–Crippen MR) is 84.9 cm³/mol. The number of carbonyl (C=O) groups is 1. The second-order valence-electron chi connectivity index (χ2n) is 4.45. The van der Waals surface area contributed by atoms with Crippen molar-refractivity contribution in [1.29, 1.82) is 0 Å². The van der Waals surface area contributed by atoms with Gasteiger partial charge in [0.2, 0.25) is 5.91 Å². The highest BCUT2D eigenvalue weighted by Gasteiger charge is 2.04. The number of aromatic nitrogens is 4. The van der Waals surface area contributed by atoms with E-state index >= 15 is 0 Å². The Morgan fingerprint density at radius 2 is 1.86 bits per heavy atom. The summed E-state index contributed by atoms with van der Waals surface area (Å²) in [5.41, 5.74) is 1.58. The van der Waals surface area contributed by atoms with E-state index < -0.39 is 0 Å². The highest BCUT2D eigenvalue weighted by atomic mass is 32.2. The number of hydrogen-bond donors (Lipinski definition) is 1. The molecule has 2 aromatic carbocycles. The van der Waals surface area contributed by atoms with Crippen LogP contribution in [0.5, 0.6) is 0 Å². The van der Waals surface area contributed by atoms with Crippen LogP contribution in [-0.4, -0.2) is 31.9 Å². The maximum Gasteiger partial charge on any atom is 0.234 e. The minimum absolute atomic E-state index is 0.0379. The molecule has 0 aliphatic rings. The highest BCUT2D eigenvalue weighted by Crippen LogP contribution is 2.18. The predicted octanol–water partition coefficient (Wildman–Crippen LogP) is 2.39. The van der Waals surface area contributed by atoms with Gasteiger partial charge in [0.15, 0.2) is 0 Å². The Hall–Kier alpha value is -2.67. The van der Waals surface area contributed by atoms with Crippen LogP contribution in [0.1, 0.15) is 0 Å². The van der Waals surface area contributed by atoms with Crippen molar-refractivity contribution in [1.82, 2.24) is 20.2 Å². The van der Waals surface area contributed by atoms with Gasteiger partial charge >= 0.3 is 0 Å². The van der Waals surface area contributed by atoms with Crippen molar-refractivity contribution in [2.75, 3.05) is 11.1 Å². The van der Waals surface area contributed by atoms with Gasteiger partial charge in [0, 0.05) is 10.6 Å². The number of anilines is 1. The number of tetrazole rings is 1. The molecule has 1 aromatic heterocycles. The van der Waals surface area contributed by atoms with Crippen LogP contribution in [0.25, 0.3) is 5.69 Å². The molecule has 0 unspecified atom stereocenters. The van der Waals surface area contributed by atoms with Crippen LogP contribution in [0, 0.1) is 0 Å². The Bertz CT molecular complexity index is 728. The van der Waals surface area contributed by atoms with Gasteiger partial charge in [0.05, 0.1) is 11.4 Å². The molecule has 0 saturated heterocycles. The van der Waals surface area contributed by atoms with Gasteiger partial charge in [0.25, 0.3) is 0 Å². The van der Waals surface area contributed by atoms with Gasteiger partial charge in [0.1, 0.15) is 6.33 Å². The molecule has 6 nitrogen and oxygen atoms in total. The summed E-state index contributed by atoms with van der Waals surface area (Å²) < 4.78 is 1.55. The van der Waals surface area contributed by atoms with Gasteiger partial charge in [-0.05, 0) is 46.8 Å². The molecule has 0 radical (unpaired) electrons. The number of nitrogens with zero attached hydrogens (tertiary/aromatic N) is 4. The lowest BCUT2D eigenvalue weighted by Crippen LogP contribution is -2.13. The Balaban J connectivity index is 1.55. The van der Waals surface area contributed by atoms with E-state index in [4.69, 9.17) is 0 Å². The SMILES string of the molecule is O=C(CSc1ccccc1)Nc1ccc(-n2cnnn2)cc1. The molecule has 0 spiro atoms. The Kier molecular flexibility index (Phi) is 4.45. The van der Waals surface area contributed by atoms with Crippen LogP contribution in [0.3, 0.4) is 0 Å². The molecule has 3 aromatic rings. The average molecular weight is 311 g/mol. The quantitative estimate of drug-likeness (QED) is 0.732. The Morgan fingerprint density at radius 3 is 2.55 bits per heavy atom. The van der Waals surface area contributed by atoms with Crippen molar-refractivity contribution in [3.8, 4) is 5.69 Å². The van der Waals surface area contributed by atoms with Crippen LogP contribution in [0.2, 0.25) is 0 Å². The third-order valence-electron chi connectivity index (χ3n) is 2.88. The van der Waals surface area contributed by atoms with Crippen molar-refractivity contribution in [2.24, 2.45) is 0 Å². The van der Waals surface area contributed by atoms with Gasteiger partial charge in [-0.1, -0.05) is 18.2 Å². The van der Waals surface area contributed by atoms with E-state index in [0.717, 1.165) is 16.3 Å². The monoisotopic (exact) mass is 311 g/mol. The van der Waals surface area contributed by atoms with E-state index in [2.05, 4.69) is 20.8 Å². The first-order chi connectivity index (χ1) is 10.8. The van der Waals surface area contributed by atoms with Crippen molar-refractivity contribution in [3.05, 3.63) is 60.9 Å². The van der Waals surface area contributed by atoms with E-state index in [9.17, 15) is 4.79 Å². The molecular formula is C15H13N5OS. The third kappa shape index (κ3) is 3.70. The summed E-state index contributed by atoms with van der Waals surface area (Å²) in [7, 11) is 0. The number of hydrogen-bond acceptors (Lipinski definition) is 5. The number of rotatable bonds is 5. The Morgan fingerprint density at radius 1 is 1.09 bits per heavy atom. The molecule has 0 fully saturated rings. The molecule has 1 N–H and O–H groups in total. The van der Waals surface area contributed by atoms with Crippen LogP contribution in [0.4, 0.5) is 5.69 Å². The fraction of sp³-hybridized carbons (Fsp3) is 0.0667. The van der Waals surface area contributed by atoms with Crippen molar-refractivity contribution in [3.63, 3.8) is 0 Å². The van der Waals surface area contributed by atoms with E-state index in [-0.39, 0.29) is 5.91 Å². The zero-order valence-electron chi connectivity index (χ0n) is 11.6. The maximum atomic E-state index is 11.9. The zero-order chi connectivity index (χ0) is 15.2. The van der Waals surface area contributed by atoms with Crippen molar-refractivity contribution >= 4 is 23.4 Å². The lowest BCUT2D eigenvalue weighted by Gasteiger charge is -2.06. The number of amides is 1. The second-order valence-corrected chi connectivity index (χ2v) is 5.50. The van der Waals surface area contributed by atoms with Gasteiger partial charge in [-0.25, -0.2) is 4.68 Å². The standard InChI is InChI=1S/C15H13N5OS/c21-15(10-22-14-4-2-1-3-5-14)17-12-6-8-13(9-7-12)20-11-16-18-19-20/h1-9,11H,10H2,(H,17,21). The molecule has 1 heterocycles. The lowest BCUT2D eigenvalue weighted by molar-refractivity contribution is -0.113. The van der Waals surface area contributed by atoms with E-state index in [0.29, 0.717) is 5.75 Å². The summed E-state index contributed by atoms with van der Waals surface area (Å²) >= 11 is 1.51. The van der Waals surface area contributed by atoms with Gasteiger partial charge in [-0.15, -0.1) is 16.9 Å². The molecule has 22 heavy (non-hydrogen) atoms. The number of thioether (sulfide) groups is 1. The second kappa shape index (κ2) is 6.86. The minimum atomic E-state index is -0.0379. The maximum absolute atomic E-state index is 11.9. The molecule has 0 saturated carbocycles. The number of benzene rings is 2. The zero-order valence-corrected chi connectivity index (χ0v) is 12.4. The van der Waals surface area contributed by atoms with Gasteiger partial charge in [-0.3, -0.25) is 4.79 Å². The number of nitrogens with one attached hydrogen (secondary N) is 1. The highest BCUT2D eigenvalue weighted by molar-refractivity contribution is 8.00. The van der Waals surface area contributed by atoms with Crippen molar-refractivity contribution in [2.45, 2.75) is 4.90 Å². The summed E-state index contributed by atoms with van der Waals surface area (Å²) in [5, 5.41) is 13.8. The minimum Gasteiger partial charge on any atom is -0.325 e. The lowest BCUT2D eigenvalue weighted by atomic mass is 10.3. The fourth-order valence-electron chi connectivity index (χ4n) is 1.84. The molecule has 3 rings (SSSR count). The fourth-order valence-corrected chi connectivity index (χ4v) is 2.56. The first kappa shape index (κ1) is 14.3. The van der Waals surface area contributed by atoms with Gasteiger partial charge in [-0.2, -0.15) is 0 Å². The van der Waals surface area contributed by atoms with E-state index in [1.54, 1.807) is 4.68 Å². The van der Waals surface area contributed by atoms with Crippen LogP contribution in [0.15, 0.2) is 65.8 Å². The van der Waals surface area contributed by atoms with Crippen LogP contribution < -0.4 is 5.32 Å². The summed E-state index contributed by atoms with van der Waals surface area (Å²) in [5.74, 6) is 0.336. The van der Waals surface area contributed by atoms with E-state index in [1.165, 1.54) is 18.1 Å². The normalized spacial score (nSPS) is 10.4. The van der Waals surface area contributed by atoms with Crippen LogP contribution >= 0.6 is 11.8 Å². The summed E-state index contributed by atoms with van der Waals surface area (Å²) in [6.07, 6.45) is 1.52. The summed E-state index contributed by atoms with van der Waals surface area (Å²) in [6.45, 7) is 0. The smallest absolute Gasteiger partial charge is 0.234 e. The van der Waals surface area contributed by atoms with Gasteiger partial charge < -0.3 is 5.32 Å². The molecule has 0 aliphatic carbocycles. The van der Waals surface area contributed by atoms with E-state index in [1.807, 2.05) is 54.6 Å². The molecule has 7 heteroatoms. The topological polar surface area (TPSA) is 72.7 Å². The molecule has 0 bridgehead atoms. The third-order valence-corrected chi connectivity index (χ3v) is 3.89. The Labute approximate surface area is 131 Å². The average Bonchev–Trinajstić information content (AvgIpc) is 3.09. The largest absolute Gasteiger partial charge is 0.325 e. The summed E-state index contributed by atoms with van der Waals surface area (Å²) in [6, 6.07) is 17.2. The summed E-state index contributed by atoms with van der Waals surface area (Å²) in [4.78, 5) is 13.0. The first-order valence-corrected chi connectivity index (χ1v) is 7.61. The molecule has 0 aliphatic heterocycles. The van der Waals surface area contributed by atoms with Crippen LogP contribution in [-0.2, 0) is 4.79 Å². The first-order valence-electron chi connectivity index (χ1n) is 6.62. The number of carbonyl (C=O) groups excluding carboxylic acids is 1. The molecule has 1 amide bonds. The molecule has 110 valence electrons. The molecular weight excluding hydrogens is 298 g/mol. The molecule has 0 atom stereocenters. The van der Waals surface area contributed by atoms with Crippen molar-refractivity contribution < 1.29 is 4.79 Å².